The number of halogens is 2. The van der Waals surface area contributed by atoms with E-state index in [1.165, 1.54) is 12.1 Å². The second-order valence-electron chi connectivity index (χ2n) is 6.00. The third kappa shape index (κ3) is 4.10. The summed E-state index contributed by atoms with van der Waals surface area (Å²) in [5.74, 6) is 0.163. The molecule has 1 amide bonds. The molecule has 1 saturated heterocycles. The zero-order chi connectivity index (χ0) is 16.2. The second-order valence-corrected chi connectivity index (χ2v) is 7.25. The van der Waals surface area contributed by atoms with Crippen molar-refractivity contribution in [1.82, 2.24) is 4.90 Å². The van der Waals surface area contributed by atoms with E-state index in [1.807, 2.05) is 41.3 Å². The minimum absolute atomic E-state index is 0.0930. The van der Waals surface area contributed by atoms with Gasteiger partial charge in [-0.05, 0) is 77.4 Å². The molecule has 1 aliphatic heterocycles. The fourth-order valence-corrected chi connectivity index (χ4v) is 3.47. The lowest BCUT2D eigenvalue weighted by molar-refractivity contribution is 0.0754. The van der Waals surface area contributed by atoms with Gasteiger partial charge in [0.2, 0.25) is 0 Å². The molecule has 23 heavy (non-hydrogen) atoms. The van der Waals surface area contributed by atoms with Gasteiger partial charge in [-0.15, -0.1) is 0 Å². The number of likely N-dealkylation sites (tertiary alicyclic amines) is 1. The van der Waals surface area contributed by atoms with Gasteiger partial charge >= 0.3 is 0 Å². The molecule has 4 heteroatoms. The van der Waals surface area contributed by atoms with Crippen LogP contribution in [-0.2, 0) is 0 Å². The third-order valence-electron chi connectivity index (χ3n) is 4.39. The molecule has 0 radical (unpaired) electrons. The van der Waals surface area contributed by atoms with Crippen molar-refractivity contribution in [2.24, 2.45) is 0 Å². The van der Waals surface area contributed by atoms with E-state index in [1.54, 1.807) is 0 Å². The van der Waals surface area contributed by atoms with Crippen LogP contribution >= 0.6 is 22.6 Å². The molecule has 1 atom stereocenters. The topological polar surface area (TPSA) is 20.3 Å². The van der Waals surface area contributed by atoms with Crippen molar-refractivity contribution in [3.63, 3.8) is 0 Å². The molecule has 1 heterocycles. The minimum Gasteiger partial charge on any atom is -0.338 e. The van der Waals surface area contributed by atoms with Crippen LogP contribution in [0.4, 0.5) is 4.39 Å². The third-order valence-corrected chi connectivity index (χ3v) is 5.11. The summed E-state index contributed by atoms with van der Waals surface area (Å²) in [6, 6.07) is 14.4. The summed E-state index contributed by atoms with van der Waals surface area (Å²) in [6.07, 6.45) is 3.16. The van der Waals surface area contributed by atoms with Crippen LogP contribution < -0.4 is 0 Å². The second kappa shape index (κ2) is 7.43. The SMILES string of the molecule is O=C(c1ccc(I)cc1)N1CCCCC(c2ccc(F)cc2)C1. The smallest absolute Gasteiger partial charge is 0.253 e. The summed E-state index contributed by atoms with van der Waals surface area (Å²) in [7, 11) is 0. The average Bonchev–Trinajstić information content (AvgIpc) is 2.82. The molecular formula is C19H19FINO. The van der Waals surface area contributed by atoms with E-state index in [9.17, 15) is 9.18 Å². The Hall–Kier alpha value is -1.43. The van der Waals surface area contributed by atoms with Gasteiger partial charge in [-0.25, -0.2) is 4.39 Å². The molecule has 1 aliphatic rings. The van der Waals surface area contributed by atoms with Gasteiger partial charge in [0.1, 0.15) is 5.82 Å². The Morgan fingerprint density at radius 1 is 1.04 bits per heavy atom. The van der Waals surface area contributed by atoms with Crippen LogP contribution in [0, 0.1) is 9.39 Å². The molecule has 2 aromatic rings. The molecule has 1 unspecified atom stereocenters. The van der Waals surface area contributed by atoms with Crippen molar-refractivity contribution in [1.29, 1.82) is 0 Å². The van der Waals surface area contributed by atoms with E-state index in [0.717, 1.165) is 40.5 Å². The Bertz CT molecular complexity index is 669. The van der Waals surface area contributed by atoms with E-state index in [4.69, 9.17) is 0 Å². The average molecular weight is 423 g/mol. The van der Waals surface area contributed by atoms with Gasteiger partial charge < -0.3 is 4.90 Å². The maximum atomic E-state index is 13.1. The van der Waals surface area contributed by atoms with E-state index >= 15 is 0 Å². The van der Waals surface area contributed by atoms with Crippen LogP contribution in [0.15, 0.2) is 48.5 Å². The van der Waals surface area contributed by atoms with E-state index < -0.39 is 0 Å². The Morgan fingerprint density at radius 3 is 2.43 bits per heavy atom. The first-order valence-corrected chi connectivity index (χ1v) is 9.01. The summed E-state index contributed by atoms with van der Waals surface area (Å²) in [5.41, 5.74) is 1.86. The number of amides is 1. The van der Waals surface area contributed by atoms with Crippen LogP contribution in [0.1, 0.15) is 41.1 Å². The molecule has 0 saturated carbocycles. The van der Waals surface area contributed by atoms with Crippen LogP contribution in [0.5, 0.6) is 0 Å². The van der Waals surface area contributed by atoms with Crippen LogP contribution in [0.2, 0.25) is 0 Å². The fourth-order valence-electron chi connectivity index (χ4n) is 3.11. The fraction of sp³-hybridized carbons (Fsp3) is 0.316. The number of carbonyl (C=O) groups is 1. The van der Waals surface area contributed by atoms with E-state index in [-0.39, 0.29) is 17.6 Å². The molecule has 2 nitrogen and oxygen atoms in total. The van der Waals surface area contributed by atoms with Gasteiger partial charge in [0.25, 0.3) is 5.91 Å². The lowest BCUT2D eigenvalue weighted by Gasteiger charge is -2.25. The summed E-state index contributed by atoms with van der Waals surface area (Å²) in [5, 5.41) is 0. The Kier molecular flexibility index (Phi) is 5.30. The highest BCUT2D eigenvalue weighted by atomic mass is 127. The lowest BCUT2D eigenvalue weighted by atomic mass is 9.94. The molecular weight excluding hydrogens is 404 g/mol. The molecule has 0 N–H and O–H groups in total. The minimum atomic E-state index is -0.214. The van der Waals surface area contributed by atoms with Crippen LogP contribution in [0.25, 0.3) is 0 Å². The standard InChI is InChI=1S/C19H19FINO/c20-17-8-4-14(5-9-17)16-3-1-2-12-22(13-16)19(23)15-6-10-18(21)11-7-15/h4-11,16H,1-3,12-13H2. The van der Waals surface area contributed by atoms with E-state index in [0.29, 0.717) is 6.54 Å². The highest BCUT2D eigenvalue weighted by molar-refractivity contribution is 14.1. The zero-order valence-electron chi connectivity index (χ0n) is 12.8. The highest BCUT2D eigenvalue weighted by Crippen LogP contribution is 2.27. The van der Waals surface area contributed by atoms with E-state index in [2.05, 4.69) is 22.6 Å². The van der Waals surface area contributed by atoms with Crippen molar-refractivity contribution in [3.8, 4) is 0 Å². The largest absolute Gasteiger partial charge is 0.338 e. The summed E-state index contributed by atoms with van der Waals surface area (Å²) < 4.78 is 14.3. The van der Waals surface area contributed by atoms with Crippen LogP contribution in [0.3, 0.4) is 0 Å². The lowest BCUT2D eigenvalue weighted by Crippen LogP contribution is -2.34. The molecule has 0 aromatic heterocycles. The maximum absolute atomic E-state index is 13.1. The summed E-state index contributed by atoms with van der Waals surface area (Å²) in [4.78, 5) is 14.7. The van der Waals surface area contributed by atoms with Gasteiger partial charge in [0.15, 0.2) is 0 Å². The quantitative estimate of drug-likeness (QED) is 0.634. The molecule has 1 fully saturated rings. The maximum Gasteiger partial charge on any atom is 0.253 e. The first kappa shape index (κ1) is 16.4. The number of nitrogens with zero attached hydrogens (tertiary/aromatic N) is 1. The van der Waals surface area contributed by atoms with Gasteiger partial charge in [0, 0.05) is 28.1 Å². The normalized spacial score (nSPS) is 18.5. The Labute approximate surface area is 149 Å². The first-order valence-electron chi connectivity index (χ1n) is 7.94. The number of rotatable bonds is 2. The molecule has 0 aliphatic carbocycles. The molecule has 2 aromatic carbocycles. The highest BCUT2D eigenvalue weighted by Gasteiger charge is 2.24. The van der Waals surface area contributed by atoms with Gasteiger partial charge in [-0.3, -0.25) is 4.79 Å². The molecule has 0 spiro atoms. The number of carbonyl (C=O) groups excluding carboxylic acids is 1. The van der Waals surface area contributed by atoms with Gasteiger partial charge in [-0.2, -0.15) is 0 Å². The number of hydrogen-bond acceptors (Lipinski definition) is 1. The number of benzene rings is 2. The number of hydrogen-bond donors (Lipinski definition) is 0. The Balaban J connectivity index is 1.77. The van der Waals surface area contributed by atoms with Gasteiger partial charge in [-0.1, -0.05) is 18.6 Å². The van der Waals surface area contributed by atoms with Gasteiger partial charge in [0.05, 0.1) is 0 Å². The molecule has 0 bridgehead atoms. The predicted molar refractivity (Wildman–Crippen MR) is 98.1 cm³/mol. The Morgan fingerprint density at radius 2 is 1.74 bits per heavy atom. The molecule has 120 valence electrons. The van der Waals surface area contributed by atoms with Crippen molar-refractivity contribution < 1.29 is 9.18 Å². The summed E-state index contributed by atoms with van der Waals surface area (Å²) in [6.45, 7) is 1.50. The zero-order valence-corrected chi connectivity index (χ0v) is 15.0. The van der Waals surface area contributed by atoms with Crippen molar-refractivity contribution in [2.75, 3.05) is 13.1 Å². The predicted octanol–water partition coefficient (Wildman–Crippen LogP) is 4.84. The first-order chi connectivity index (χ1) is 11.1. The van der Waals surface area contributed by atoms with Crippen molar-refractivity contribution in [2.45, 2.75) is 25.2 Å². The monoisotopic (exact) mass is 423 g/mol. The van der Waals surface area contributed by atoms with Crippen molar-refractivity contribution >= 4 is 28.5 Å². The summed E-state index contributed by atoms with van der Waals surface area (Å²) >= 11 is 2.24. The van der Waals surface area contributed by atoms with Crippen LogP contribution in [-0.4, -0.2) is 23.9 Å². The molecule has 3 rings (SSSR count). The van der Waals surface area contributed by atoms with Crippen molar-refractivity contribution in [3.05, 3.63) is 69.0 Å².